The molecule has 0 heterocycles. The van der Waals surface area contributed by atoms with Crippen LogP contribution in [0.4, 0.5) is 5.69 Å². The fraction of sp³-hybridized carbons (Fsp3) is 0.417. The SMILES string of the molecule is CCOC(=O)CN(C)c1ccc(S(C)(=O)=O)cc1. The number of sulfone groups is 1. The standard InChI is InChI=1S/C12H17NO4S/c1-4-17-12(14)9-13(2)10-5-7-11(8-6-10)18(3,15)16/h5-8H,4,9H2,1-3H3. The second-order valence-corrected chi connectivity index (χ2v) is 5.94. The van der Waals surface area contributed by atoms with Gasteiger partial charge in [0.1, 0.15) is 6.54 Å². The largest absolute Gasteiger partial charge is 0.465 e. The average Bonchev–Trinajstić information content (AvgIpc) is 2.28. The number of carbonyl (C=O) groups excluding carboxylic acids is 1. The van der Waals surface area contributed by atoms with E-state index in [2.05, 4.69) is 0 Å². The van der Waals surface area contributed by atoms with Gasteiger partial charge in [-0.25, -0.2) is 8.42 Å². The van der Waals surface area contributed by atoms with Crippen molar-refractivity contribution in [3.8, 4) is 0 Å². The van der Waals surface area contributed by atoms with E-state index in [1.807, 2.05) is 0 Å². The number of nitrogens with zero attached hydrogens (tertiary/aromatic N) is 1. The zero-order valence-corrected chi connectivity index (χ0v) is 11.5. The summed E-state index contributed by atoms with van der Waals surface area (Å²) in [5, 5.41) is 0. The smallest absolute Gasteiger partial charge is 0.325 e. The minimum absolute atomic E-state index is 0.131. The Labute approximate surface area is 107 Å². The molecule has 1 rings (SSSR count). The molecule has 0 amide bonds. The molecule has 1 aromatic rings. The van der Waals surface area contributed by atoms with E-state index >= 15 is 0 Å². The van der Waals surface area contributed by atoms with Gasteiger partial charge in [-0.2, -0.15) is 0 Å². The number of rotatable bonds is 5. The first-order chi connectivity index (χ1) is 8.34. The molecule has 0 fully saturated rings. The molecular formula is C12H17NO4S. The lowest BCUT2D eigenvalue weighted by Crippen LogP contribution is -2.27. The second kappa shape index (κ2) is 5.86. The summed E-state index contributed by atoms with van der Waals surface area (Å²) in [4.78, 5) is 13.3. The summed E-state index contributed by atoms with van der Waals surface area (Å²) in [7, 11) is -1.44. The predicted octanol–water partition coefficient (Wildman–Crippen LogP) is 1.09. The Morgan fingerprint density at radius 3 is 2.28 bits per heavy atom. The number of likely N-dealkylation sites (N-methyl/N-ethyl adjacent to an activating group) is 1. The summed E-state index contributed by atoms with van der Waals surface area (Å²) in [5.41, 5.74) is 0.760. The molecule has 6 heteroatoms. The summed E-state index contributed by atoms with van der Waals surface area (Å²) < 4.78 is 27.4. The van der Waals surface area contributed by atoms with Crippen LogP contribution in [0.15, 0.2) is 29.2 Å². The molecule has 18 heavy (non-hydrogen) atoms. The Bertz CT molecular complexity index is 507. The van der Waals surface area contributed by atoms with Crippen LogP contribution in [0.1, 0.15) is 6.92 Å². The van der Waals surface area contributed by atoms with Gasteiger partial charge in [-0.1, -0.05) is 0 Å². The second-order valence-electron chi connectivity index (χ2n) is 3.93. The van der Waals surface area contributed by atoms with E-state index in [0.29, 0.717) is 6.61 Å². The molecule has 0 saturated carbocycles. The summed E-state index contributed by atoms with van der Waals surface area (Å²) in [6.07, 6.45) is 1.16. The zero-order valence-electron chi connectivity index (χ0n) is 10.7. The van der Waals surface area contributed by atoms with Gasteiger partial charge in [0.05, 0.1) is 11.5 Å². The van der Waals surface area contributed by atoms with Crippen LogP contribution < -0.4 is 4.90 Å². The molecule has 0 aliphatic heterocycles. The minimum atomic E-state index is -3.19. The lowest BCUT2D eigenvalue weighted by Gasteiger charge is -2.18. The van der Waals surface area contributed by atoms with E-state index in [1.54, 1.807) is 31.0 Å². The average molecular weight is 271 g/mol. The highest BCUT2D eigenvalue weighted by molar-refractivity contribution is 7.90. The van der Waals surface area contributed by atoms with E-state index in [4.69, 9.17) is 4.74 Å². The van der Waals surface area contributed by atoms with E-state index in [9.17, 15) is 13.2 Å². The van der Waals surface area contributed by atoms with Gasteiger partial charge < -0.3 is 9.64 Å². The van der Waals surface area contributed by atoms with Crippen LogP contribution in [0.3, 0.4) is 0 Å². The van der Waals surface area contributed by atoms with Gasteiger partial charge in [0, 0.05) is 19.0 Å². The maximum atomic E-state index is 11.3. The van der Waals surface area contributed by atoms with Crippen LogP contribution in [0, 0.1) is 0 Å². The highest BCUT2D eigenvalue weighted by Gasteiger charge is 2.10. The Kier molecular flexibility index (Phi) is 4.72. The number of hydrogen-bond donors (Lipinski definition) is 0. The van der Waals surface area contributed by atoms with Gasteiger partial charge in [0.15, 0.2) is 9.84 Å². The van der Waals surface area contributed by atoms with Gasteiger partial charge in [0.25, 0.3) is 0 Å². The van der Waals surface area contributed by atoms with Crippen molar-refractivity contribution in [2.45, 2.75) is 11.8 Å². The van der Waals surface area contributed by atoms with E-state index in [0.717, 1.165) is 11.9 Å². The van der Waals surface area contributed by atoms with Gasteiger partial charge in [-0.3, -0.25) is 4.79 Å². The molecule has 0 saturated heterocycles. The monoisotopic (exact) mass is 271 g/mol. The van der Waals surface area contributed by atoms with Crippen LogP contribution in [-0.4, -0.2) is 40.8 Å². The molecule has 0 spiro atoms. The number of benzene rings is 1. The van der Waals surface area contributed by atoms with Gasteiger partial charge >= 0.3 is 5.97 Å². The molecule has 0 unspecified atom stereocenters. The van der Waals surface area contributed by atoms with Crippen LogP contribution in [0.5, 0.6) is 0 Å². The van der Waals surface area contributed by atoms with Crippen molar-refractivity contribution >= 4 is 21.5 Å². The third-order valence-corrected chi connectivity index (χ3v) is 3.51. The van der Waals surface area contributed by atoms with Crippen molar-refractivity contribution < 1.29 is 17.9 Å². The van der Waals surface area contributed by atoms with E-state index in [-0.39, 0.29) is 17.4 Å². The molecule has 1 aromatic carbocycles. The zero-order chi connectivity index (χ0) is 13.8. The molecule has 100 valence electrons. The van der Waals surface area contributed by atoms with E-state index < -0.39 is 9.84 Å². The van der Waals surface area contributed by atoms with Gasteiger partial charge in [0.2, 0.25) is 0 Å². The van der Waals surface area contributed by atoms with Crippen LogP contribution in [0.2, 0.25) is 0 Å². The van der Waals surface area contributed by atoms with Crippen molar-refractivity contribution in [3.63, 3.8) is 0 Å². The first kappa shape index (κ1) is 14.5. The van der Waals surface area contributed by atoms with Gasteiger partial charge in [-0.05, 0) is 31.2 Å². The molecule has 0 aliphatic rings. The van der Waals surface area contributed by atoms with Crippen molar-refractivity contribution in [3.05, 3.63) is 24.3 Å². The summed E-state index contributed by atoms with van der Waals surface area (Å²) >= 11 is 0. The normalized spacial score (nSPS) is 11.1. The third kappa shape index (κ3) is 4.03. The number of carbonyl (C=O) groups is 1. The summed E-state index contributed by atoms with van der Waals surface area (Å²) in [6, 6.07) is 6.36. The Morgan fingerprint density at radius 2 is 1.83 bits per heavy atom. The molecule has 5 nitrogen and oxygen atoms in total. The first-order valence-electron chi connectivity index (χ1n) is 5.51. The minimum Gasteiger partial charge on any atom is -0.465 e. The topological polar surface area (TPSA) is 63.7 Å². The lowest BCUT2D eigenvalue weighted by molar-refractivity contribution is -0.141. The highest BCUT2D eigenvalue weighted by Crippen LogP contribution is 2.16. The number of esters is 1. The van der Waals surface area contributed by atoms with Gasteiger partial charge in [-0.15, -0.1) is 0 Å². The molecular weight excluding hydrogens is 254 g/mol. The molecule has 0 atom stereocenters. The van der Waals surface area contributed by atoms with Crippen molar-refractivity contribution in [2.24, 2.45) is 0 Å². The number of hydrogen-bond acceptors (Lipinski definition) is 5. The maximum absolute atomic E-state index is 11.3. The number of anilines is 1. The molecule has 0 N–H and O–H groups in total. The van der Waals surface area contributed by atoms with Crippen molar-refractivity contribution in [2.75, 3.05) is 31.4 Å². The van der Waals surface area contributed by atoms with Crippen LogP contribution >= 0.6 is 0 Å². The Hall–Kier alpha value is -1.56. The summed E-state index contributed by atoms with van der Waals surface area (Å²) in [6.45, 7) is 2.23. The van der Waals surface area contributed by atoms with Crippen LogP contribution in [0.25, 0.3) is 0 Å². The fourth-order valence-electron chi connectivity index (χ4n) is 1.44. The molecule has 0 radical (unpaired) electrons. The van der Waals surface area contributed by atoms with E-state index in [1.165, 1.54) is 12.1 Å². The Balaban J connectivity index is 2.76. The first-order valence-corrected chi connectivity index (χ1v) is 7.40. The lowest BCUT2D eigenvalue weighted by atomic mass is 10.3. The number of ether oxygens (including phenoxy) is 1. The predicted molar refractivity (Wildman–Crippen MR) is 69.5 cm³/mol. The molecule has 0 bridgehead atoms. The van der Waals surface area contributed by atoms with Crippen molar-refractivity contribution in [1.29, 1.82) is 0 Å². The highest BCUT2D eigenvalue weighted by atomic mass is 32.2. The van der Waals surface area contributed by atoms with Crippen LogP contribution in [-0.2, 0) is 19.4 Å². The third-order valence-electron chi connectivity index (χ3n) is 2.38. The fourth-order valence-corrected chi connectivity index (χ4v) is 2.07. The van der Waals surface area contributed by atoms with Crippen molar-refractivity contribution in [1.82, 2.24) is 0 Å². The summed E-state index contributed by atoms with van der Waals surface area (Å²) in [5.74, 6) is -0.313. The Morgan fingerprint density at radius 1 is 1.28 bits per heavy atom. The molecule has 0 aliphatic carbocycles. The maximum Gasteiger partial charge on any atom is 0.325 e. The quantitative estimate of drug-likeness (QED) is 0.750. The molecule has 0 aromatic heterocycles.